The summed E-state index contributed by atoms with van der Waals surface area (Å²) >= 11 is 3.21. The SMILES string of the molecule is O=C(O)Cc1ccc(S(=O)(=O)Nc2ncccc2Br)cc1. The minimum absolute atomic E-state index is 0.0363. The van der Waals surface area contributed by atoms with Gasteiger partial charge in [-0.3, -0.25) is 9.52 Å². The smallest absolute Gasteiger partial charge is 0.307 e. The molecular weight excluding hydrogens is 360 g/mol. The summed E-state index contributed by atoms with van der Waals surface area (Å²) in [4.78, 5) is 14.6. The molecular formula is C13H11BrN2O4S. The van der Waals surface area contributed by atoms with Crippen LogP contribution >= 0.6 is 15.9 Å². The third-order valence-electron chi connectivity index (χ3n) is 2.58. The Balaban J connectivity index is 2.24. The summed E-state index contributed by atoms with van der Waals surface area (Å²) < 4.78 is 27.3. The average Bonchev–Trinajstić information content (AvgIpc) is 2.41. The molecule has 0 fully saturated rings. The number of anilines is 1. The fourth-order valence-electron chi connectivity index (χ4n) is 1.61. The molecule has 2 aromatic rings. The monoisotopic (exact) mass is 370 g/mol. The average molecular weight is 371 g/mol. The lowest BCUT2D eigenvalue weighted by Gasteiger charge is -2.09. The molecule has 0 saturated carbocycles. The van der Waals surface area contributed by atoms with Gasteiger partial charge in [0, 0.05) is 6.20 Å². The topological polar surface area (TPSA) is 96.4 Å². The summed E-state index contributed by atoms with van der Waals surface area (Å²) in [5.74, 6) is -0.784. The molecule has 0 radical (unpaired) electrons. The van der Waals surface area contributed by atoms with E-state index < -0.39 is 16.0 Å². The van der Waals surface area contributed by atoms with Crippen LogP contribution in [0.1, 0.15) is 5.56 Å². The van der Waals surface area contributed by atoms with Gasteiger partial charge in [-0.05, 0) is 45.8 Å². The number of hydrogen-bond donors (Lipinski definition) is 2. The van der Waals surface area contributed by atoms with Gasteiger partial charge in [-0.25, -0.2) is 13.4 Å². The van der Waals surface area contributed by atoms with E-state index in [0.29, 0.717) is 10.0 Å². The third-order valence-corrected chi connectivity index (χ3v) is 4.57. The molecule has 0 saturated heterocycles. The van der Waals surface area contributed by atoms with Gasteiger partial charge in [-0.1, -0.05) is 12.1 Å². The van der Waals surface area contributed by atoms with E-state index in [0.717, 1.165) is 0 Å². The first-order valence-corrected chi connectivity index (χ1v) is 8.10. The van der Waals surface area contributed by atoms with Crippen molar-refractivity contribution < 1.29 is 18.3 Å². The van der Waals surface area contributed by atoms with Crippen molar-refractivity contribution in [3.63, 3.8) is 0 Å². The van der Waals surface area contributed by atoms with Crippen molar-refractivity contribution in [2.24, 2.45) is 0 Å². The summed E-state index contributed by atoms with van der Waals surface area (Å²) in [6.07, 6.45) is 1.32. The van der Waals surface area contributed by atoms with Gasteiger partial charge in [-0.15, -0.1) is 0 Å². The molecule has 8 heteroatoms. The van der Waals surface area contributed by atoms with E-state index >= 15 is 0 Å². The second-order valence-electron chi connectivity index (χ2n) is 4.15. The van der Waals surface area contributed by atoms with Crippen molar-refractivity contribution in [1.82, 2.24) is 4.98 Å². The quantitative estimate of drug-likeness (QED) is 0.841. The molecule has 0 unspecified atom stereocenters. The zero-order valence-electron chi connectivity index (χ0n) is 10.7. The van der Waals surface area contributed by atoms with E-state index in [1.165, 1.54) is 30.5 Å². The fourth-order valence-corrected chi connectivity index (χ4v) is 3.12. The van der Waals surface area contributed by atoms with Crippen molar-refractivity contribution >= 4 is 37.7 Å². The van der Waals surface area contributed by atoms with Crippen LogP contribution in [0.5, 0.6) is 0 Å². The van der Waals surface area contributed by atoms with Gasteiger partial charge in [0.15, 0.2) is 5.82 Å². The molecule has 1 aromatic carbocycles. The molecule has 110 valence electrons. The predicted molar refractivity (Wildman–Crippen MR) is 80.5 cm³/mol. The summed E-state index contributed by atoms with van der Waals surface area (Å²) in [6, 6.07) is 8.99. The highest BCUT2D eigenvalue weighted by atomic mass is 79.9. The van der Waals surface area contributed by atoms with Gasteiger partial charge in [0.25, 0.3) is 10.0 Å². The number of sulfonamides is 1. The number of rotatable bonds is 5. The molecule has 21 heavy (non-hydrogen) atoms. The van der Waals surface area contributed by atoms with Gasteiger partial charge in [0.1, 0.15) is 0 Å². The molecule has 2 N–H and O–H groups in total. The first kappa shape index (κ1) is 15.5. The van der Waals surface area contributed by atoms with Crippen molar-refractivity contribution in [3.05, 3.63) is 52.6 Å². The number of aliphatic carboxylic acids is 1. The number of carboxylic acids is 1. The number of nitrogens with one attached hydrogen (secondary N) is 1. The number of benzene rings is 1. The molecule has 0 aliphatic rings. The lowest BCUT2D eigenvalue weighted by Crippen LogP contribution is -2.14. The highest BCUT2D eigenvalue weighted by Crippen LogP contribution is 2.22. The van der Waals surface area contributed by atoms with Crippen LogP contribution in [0.2, 0.25) is 0 Å². The second-order valence-corrected chi connectivity index (χ2v) is 6.69. The molecule has 0 spiro atoms. The molecule has 0 amide bonds. The molecule has 2 rings (SSSR count). The van der Waals surface area contributed by atoms with E-state index in [1.54, 1.807) is 12.1 Å². The molecule has 0 atom stereocenters. The van der Waals surface area contributed by atoms with Gasteiger partial charge >= 0.3 is 5.97 Å². The summed E-state index contributed by atoms with van der Waals surface area (Å²) in [7, 11) is -3.77. The highest BCUT2D eigenvalue weighted by molar-refractivity contribution is 9.10. The van der Waals surface area contributed by atoms with Gasteiger partial charge < -0.3 is 5.11 Å². The zero-order chi connectivity index (χ0) is 15.5. The minimum Gasteiger partial charge on any atom is -0.481 e. The van der Waals surface area contributed by atoms with Crippen molar-refractivity contribution in [3.8, 4) is 0 Å². The summed E-state index contributed by atoms with van der Waals surface area (Å²) in [5, 5.41) is 8.68. The molecule has 0 bridgehead atoms. The summed E-state index contributed by atoms with van der Waals surface area (Å²) in [6.45, 7) is 0. The van der Waals surface area contributed by atoms with E-state index in [9.17, 15) is 13.2 Å². The molecule has 0 aliphatic carbocycles. The lowest BCUT2D eigenvalue weighted by molar-refractivity contribution is -0.136. The zero-order valence-corrected chi connectivity index (χ0v) is 13.1. The highest BCUT2D eigenvalue weighted by Gasteiger charge is 2.16. The first-order chi connectivity index (χ1) is 9.88. The van der Waals surface area contributed by atoms with E-state index in [2.05, 4.69) is 25.6 Å². The Labute approximate surface area is 130 Å². The molecule has 1 heterocycles. The van der Waals surface area contributed by atoms with Crippen LogP contribution in [-0.4, -0.2) is 24.5 Å². The van der Waals surface area contributed by atoms with Gasteiger partial charge in [-0.2, -0.15) is 0 Å². The lowest BCUT2D eigenvalue weighted by atomic mass is 10.2. The van der Waals surface area contributed by atoms with Crippen LogP contribution in [0.4, 0.5) is 5.82 Å². The molecule has 1 aromatic heterocycles. The minimum atomic E-state index is -3.77. The first-order valence-electron chi connectivity index (χ1n) is 5.82. The Hall–Kier alpha value is -1.93. The second kappa shape index (κ2) is 6.23. The van der Waals surface area contributed by atoms with Crippen LogP contribution in [0, 0.1) is 0 Å². The molecule has 6 nitrogen and oxygen atoms in total. The number of pyridine rings is 1. The van der Waals surface area contributed by atoms with Gasteiger partial charge in [0.2, 0.25) is 0 Å². The Kier molecular flexibility index (Phi) is 4.59. The maximum absolute atomic E-state index is 12.2. The van der Waals surface area contributed by atoms with Crippen LogP contribution in [0.25, 0.3) is 0 Å². The largest absolute Gasteiger partial charge is 0.481 e. The Morgan fingerprint density at radius 3 is 2.48 bits per heavy atom. The van der Waals surface area contributed by atoms with Crippen molar-refractivity contribution in [1.29, 1.82) is 0 Å². The number of carbonyl (C=O) groups is 1. The van der Waals surface area contributed by atoms with E-state index in [-0.39, 0.29) is 17.1 Å². The Morgan fingerprint density at radius 1 is 1.24 bits per heavy atom. The Bertz CT molecular complexity index is 760. The molecule has 0 aliphatic heterocycles. The standard InChI is InChI=1S/C13H11BrN2O4S/c14-11-2-1-7-15-13(11)16-21(19,20)10-5-3-9(4-6-10)8-12(17)18/h1-7H,8H2,(H,15,16)(H,17,18). The number of nitrogens with zero attached hydrogens (tertiary/aromatic N) is 1. The summed E-state index contributed by atoms with van der Waals surface area (Å²) in [5.41, 5.74) is 0.528. The Morgan fingerprint density at radius 2 is 1.90 bits per heavy atom. The van der Waals surface area contributed by atoms with E-state index in [4.69, 9.17) is 5.11 Å². The van der Waals surface area contributed by atoms with Crippen LogP contribution in [0.3, 0.4) is 0 Å². The number of halogens is 1. The van der Waals surface area contributed by atoms with Crippen LogP contribution in [-0.2, 0) is 21.2 Å². The predicted octanol–water partition coefficient (Wildman–Crippen LogP) is 2.27. The van der Waals surface area contributed by atoms with Crippen molar-refractivity contribution in [2.45, 2.75) is 11.3 Å². The third kappa shape index (κ3) is 4.02. The number of hydrogen-bond acceptors (Lipinski definition) is 4. The maximum Gasteiger partial charge on any atom is 0.307 e. The fraction of sp³-hybridized carbons (Fsp3) is 0.0769. The normalized spacial score (nSPS) is 11.1. The van der Waals surface area contributed by atoms with Crippen LogP contribution < -0.4 is 4.72 Å². The van der Waals surface area contributed by atoms with Crippen LogP contribution in [0.15, 0.2) is 52.0 Å². The number of carboxylic acid groups (broad SMARTS) is 1. The maximum atomic E-state index is 12.2. The van der Waals surface area contributed by atoms with E-state index in [1.807, 2.05) is 0 Å². The van der Waals surface area contributed by atoms with Crippen molar-refractivity contribution in [2.75, 3.05) is 4.72 Å². The number of aromatic nitrogens is 1. The van der Waals surface area contributed by atoms with Gasteiger partial charge in [0.05, 0.1) is 15.8 Å².